The summed E-state index contributed by atoms with van der Waals surface area (Å²) in [5.74, 6) is 1.01. The Morgan fingerprint density at radius 3 is 2.53 bits per heavy atom. The van der Waals surface area contributed by atoms with E-state index in [0.29, 0.717) is 11.5 Å². The molecule has 1 aromatic carbocycles. The van der Waals surface area contributed by atoms with Crippen molar-refractivity contribution >= 4 is 11.6 Å². The summed E-state index contributed by atoms with van der Waals surface area (Å²) >= 11 is 6.21. The minimum atomic E-state index is 0.322. The van der Waals surface area contributed by atoms with Gasteiger partial charge in [0.25, 0.3) is 0 Å². The maximum absolute atomic E-state index is 6.21. The minimum absolute atomic E-state index is 0.322. The van der Waals surface area contributed by atoms with Gasteiger partial charge in [-0.25, -0.2) is 0 Å². The molecule has 1 nitrogen and oxygen atoms in total. The van der Waals surface area contributed by atoms with Gasteiger partial charge in [0.2, 0.25) is 0 Å². The Labute approximate surface area is 109 Å². The molecule has 2 heteroatoms. The highest BCUT2D eigenvalue weighted by Gasteiger charge is 2.23. The first kappa shape index (κ1) is 12.8. The second-order valence-corrected chi connectivity index (χ2v) is 5.50. The van der Waals surface area contributed by atoms with E-state index in [1.807, 2.05) is 0 Å². The summed E-state index contributed by atoms with van der Waals surface area (Å²) in [7, 11) is 0. The number of benzene rings is 1. The van der Waals surface area contributed by atoms with Crippen molar-refractivity contribution in [2.24, 2.45) is 0 Å². The molecule has 1 aromatic rings. The molecule has 0 aliphatic heterocycles. The van der Waals surface area contributed by atoms with E-state index in [1.165, 1.54) is 24.8 Å². The molecule has 17 heavy (non-hydrogen) atoms. The number of hydrogen-bond acceptors (Lipinski definition) is 1. The third-order valence-corrected chi connectivity index (χ3v) is 3.54. The van der Waals surface area contributed by atoms with Crippen molar-refractivity contribution in [3.63, 3.8) is 0 Å². The molecule has 0 saturated heterocycles. The van der Waals surface area contributed by atoms with Gasteiger partial charge in [0.05, 0.1) is 6.10 Å². The smallest absolute Gasteiger partial charge is 0.119 e. The lowest BCUT2D eigenvalue weighted by Gasteiger charge is -2.09. The molecule has 0 heterocycles. The van der Waals surface area contributed by atoms with Gasteiger partial charge in [-0.2, -0.15) is 0 Å². The minimum Gasteiger partial charge on any atom is -0.490 e. The van der Waals surface area contributed by atoms with Gasteiger partial charge in [-0.15, -0.1) is 11.6 Å². The van der Waals surface area contributed by atoms with Crippen LogP contribution in [0.3, 0.4) is 0 Å². The standard InChI is InChI=1S/C15H21ClO/c1-2-3-13(16)7-4-12-5-8-14(9-6-12)17-15-10-11-15/h5-6,8-9,13,15H,2-4,7,10-11H2,1H3. The number of alkyl halides is 1. The zero-order valence-electron chi connectivity index (χ0n) is 10.5. The normalized spacial score (nSPS) is 16.8. The number of halogens is 1. The Bertz CT molecular complexity index is 329. The van der Waals surface area contributed by atoms with Crippen LogP contribution in [-0.4, -0.2) is 11.5 Å². The molecule has 1 aliphatic carbocycles. The average Bonchev–Trinajstić information content (AvgIpc) is 3.13. The Hall–Kier alpha value is -0.690. The molecule has 2 rings (SSSR count). The van der Waals surface area contributed by atoms with E-state index < -0.39 is 0 Å². The van der Waals surface area contributed by atoms with E-state index >= 15 is 0 Å². The lowest BCUT2D eigenvalue weighted by molar-refractivity contribution is 0.303. The van der Waals surface area contributed by atoms with Crippen LogP contribution in [-0.2, 0) is 6.42 Å². The van der Waals surface area contributed by atoms with Crippen LogP contribution in [0.25, 0.3) is 0 Å². The summed E-state index contributed by atoms with van der Waals surface area (Å²) in [6.45, 7) is 2.18. The summed E-state index contributed by atoms with van der Waals surface area (Å²) in [5.41, 5.74) is 1.36. The second kappa shape index (κ2) is 6.30. The molecule has 0 bridgehead atoms. The number of ether oxygens (including phenoxy) is 1. The van der Waals surface area contributed by atoms with Crippen molar-refractivity contribution in [3.8, 4) is 5.75 Å². The van der Waals surface area contributed by atoms with Crippen LogP contribution in [0.15, 0.2) is 24.3 Å². The Morgan fingerprint density at radius 1 is 1.24 bits per heavy atom. The average molecular weight is 253 g/mol. The van der Waals surface area contributed by atoms with Crippen LogP contribution in [0.1, 0.15) is 44.6 Å². The highest BCUT2D eigenvalue weighted by atomic mass is 35.5. The van der Waals surface area contributed by atoms with Crippen molar-refractivity contribution in [2.45, 2.75) is 56.9 Å². The zero-order chi connectivity index (χ0) is 12.1. The van der Waals surface area contributed by atoms with Gasteiger partial charge < -0.3 is 4.74 Å². The Morgan fingerprint density at radius 2 is 1.94 bits per heavy atom. The first-order valence-corrected chi connectivity index (χ1v) is 7.11. The van der Waals surface area contributed by atoms with E-state index in [2.05, 4.69) is 31.2 Å². The molecule has 0 radical (unpaired) electrons. The highest BCUT2D eigenvalue weighted by Crippen LogP contribution is 2.27. The van der Waals surface area contributed by atoms with E-state index in [4.69, 9.17) is 16.3 Å². The maximum atomic E-state index is 6.21. The molecule has 1 fully saturated rings. The largest absolute Gasteiger partial charge is 0.490 e. The van der Waals surface area contributed by atoms with Gasteiger partial charge in [0, 0.05) is 5.38 Å². The van der Waals surface area contributed by atoms with Crippen LogP contribution < -0.4 is 4.74 Å². The van der Waals surface area contributed by atoms with Crippen LogP contribution in [0.5, 0.6) is 5.75 Å². The summed E-state index contributed by atoms with van der Waals surface area (Å²) < 4.78 is 5.72. The van der Waals surface area contributed by atoms with E-state index in [-0.39, 0.29) is 0 Å². The van der Waals surface area contributed by atoms with Crippen LogP contribution in [0, 0.1) is 0 Å². The molecule has 1 atom stereocenters. The topological polar surface area (TPSA) is 9.23 Å². The van der Waals surface area contributed by atoms with E-state index in [1.54, 1.807) is 0 Å². The van der Waals surface area contributed by atoms with Gasteiger partial charge in [0.15, 0.2) is 0 Å². The number of rotatable bonds is 7. The molecular formula is C15H21ClO. The molecule has 0 amide bonds. The molecule has 1 unspecified atom stereocenters. The SMILES string of the molecule is CCCC(Cl)CCc1ccc(OC2CC2)cc1. The predicted molar refractivity (Wildman–Crippen MR) is 73.0 cm³/mol. The van der Waals surface area contributed by atoms with Crippen LogP contribution in [0.4, 0.5) is 0 Å². The van der Waals surface area contributed by atoms with Crippen LogP contribution >= 0.6 is 11.6 Å². The van der Waals surface area contributed by atoms with Crippen molar-refractivity contribution in [3.05, 3.63) is 29.8 Å². The summed E-state index contributed by atoms with van der Waals surface area (Å²) in [6.07, 6.45) is 7.33. The predicted octanol–water partition coefficient (Wildman–Crippen LogP) is 4.57. The van der Waals surface area contributed by atoms with Gasteiger partial charge >= 0.3 is 0 Å². The first-order valence-electron chi connectivity index (χ1n) is 6.67. The molecule has 0 aromatic heterocycles. The molecule has 0 spiro atoms. The Kier molecular flexibility index (Phi) is 4.73. The zero-order valence-corrected chi connectivity index (χ0v) is 11.2. The van der Waals surface area contributed by atoms with Gasteiger partial charge in [0.1, 0.15) is 5.75 Å². The quantitative estimate of drug-likeness (QED) is 0.646. The summed E-state index contributed by atoms with van der Waals surface area (Å²) in [6, 6.07) is 8.48. The van der Waals surface area contributed by atoms with E-state index in [0.717, 1.165) is 25.0 Å². The van der Waals surface area contributed by atoms with Gasteiger partial charge in [-0.05, 0) is 49.8 Å². The van der Waals surface area contributed by atoms with Gasteiger partial charge in [-0.1, -0.05) is 25.5 Å². The molecule has 1 saturated carbocycles. The third kappa shape index (κ3) is 4.59. The lowest BCUT2D eigenvalue weighted by atomic mass is 10.1. The molecule has 0 N–H and O–H groups in total. The molecule has 1 aliphatic rings. The van der Waals surface area contributed by atoms with Gasteiger partial charge in [-0.3, -0.25) is 0 Å². The Balaban J connectivity index is 1.76. The molecule has 94 valence electrons. The summed E-state index contributed by atoms with van der Waals surface area (Å²) in [4.78, 5) is 0. The van der Waals surface area contributed by atoms with Crippen molar-refractivity contribution in [1.29, 1.82) is 0 Å². The molecular weight excluding hydrogens is 232 g/mol. The fraction of sp³-hybridized carbons (Fsp3) is 0.600. The van der Waals surface area contributed by atoms with E-state index in [9.17, 15) is 0 Å². The van der Waals surface area contributed by atoms with Crippen molar-refractivity contribution in [2.75, 3.05) is 0 Å². The highest BCUT2D eigenvalue weighted by molar-refractivity contribution is 6.20. The maximum Gasteiger partial charge on any atom is 0.119 e. The second-order valence-electron chi connectivity index (χ2n) is 4.89. The van der Waals surface area contributed by atoms with Crippen LogP contribution in [0.2, 0.25) is 0 Å². The summed E-state index contributed by atoms with van der Waals surface area (Å²) in [5, 5.41) is 0.322. The monoisotopic (exact) mass is 252 g/mol. The number of hydrogen-bond donors (Lipinski definition) is 0. The number of aryl methyl sites for hydroxylation is 1. The first-order chi connectivity index (χ1) is 8.28. The fourth-order valence-corrected chi connectivity index (χ4v) is 2.22. The lowest BCUT2D eigenvalue weighted by Crippen LogP contribution is -2.00. The van der Waals surface area contributed by atoms with Crippen molar-refractivity contribution < 1.29 is 4.74 Å². The fourth-order valence-electron chi connectivity index (χ4n) is 1.89. The third-order valence-electron chi connectivity index (χ3n) is 3.10. The van der Waals surface area contributed by atoms with Crippen molar-refractivity contribution in [1.82, 2.24) is 0 Å².